The standard InChI is InChI=1S/C13H6ClF3N2O4/c14-9-3-1-7(5-10(9)19(22)23)12(21)18-6-8(13(15,16)17)2-4-11(18)20/h1-6H. The Labute approximate surface area is 130 Å². The zero-order valence-corrected chi connectivity index (χ0v) is 11.8. The summed E-state index contributed by atoms with van der Waals surface area (Å²) >= 11 is 5.59. The lowest BCUT2D eigenvalue weighted by atomic mass is 10.1. The summed E-state index contributed by atoms with van der Waals surface area (Å²) in [5.74, 6) is -1.14. The van der Waals surface area contributed by atoms with Crippen LogP contribution in [-0.4, -0.2) is 15.4 Å². The Hall–Kier alpha value is -2.68. The van der Waals surface area contributed by atoms with E-state index in [1.54, 1.807) is 0 Å². The Morgan fingerprint density at radius 3 is 2.43 bits per heavy atom. The summed E-state index contributed by atoms with van der Waals surface area (Å²) in [5, 5.41) is 10.5. The van der Waals surface area contributed by atoms with Crippen LogP contribution in [0, 0.1) is 10.1 Å². The second kappa shape index (κ2) is 5.84. The molecule has 1 heterocycles. The Kier molecular flexibility index (Phi) is 4.24. The van der Waals surface area contributed by atoms with Gasteiger partial charge in [-0.05, 0) is 18.2 Å². The lowest BCUT2D eigenvalue weighted by Crippen LogP contribution is -2.27. The van der Waals surface area contributed by atoms with Crippen molar-refractivity contribution in [1.29, 1.82) is 0 Å². The van der Waals surface area contributed by atoms with Crippen molar-refractivity contribution in [1.82, 2.24) is 4.57 Å². The van der Waals surface area contributed by atoms with Gasteiger partial charge in [-0.15, -0.1) is 0 Å². The van der Waals surface area contributed by atoms with Crippen LogP contribution in [0.2, 0.25) is 5.02 Å². The molecule has 0 aliphatic rings. The predicted molar refractivity (Wildman–Crippen MR) is 73.5 cm³/mol. The number of nitrogens with zero attached hydrogens (tertiary/aromatic N) is 2. The van der Waals surface area contributed by atoms with Crippen LogP contribution >= 0.6 is 11.6 Å². The van der Waals surface area contributed by atoms with E-state index in [-0.39, 0.29) is 15.2 Å². The second-order valence-corrected chi connectivity index (χ2v) is 4.76. The first-order valence-electron chi connectivity index (χ1n) is 5.90. The SMILES string of the molecule is O=C(c1ccc(Cl)c([N+](=O)[O-])c1)n1cc(C(F)(F)F)ccc1=O. The Morgan fingerprint density at radius 1 is 1.22 bits per heavy atom. The van der Waals surface area contributed by atoms with Crippen LogP contribution in [0.3, 0.4) is 0 Å². The molecule has 1 aromatic carbocycles. The van der Waals surface area contributed by atoms with Crippen molar-refractivity contribution in [2.75, 3.05) is 0 Å². The van der Waals surface area contributed by atoms with Crippen molar-refractivity contribution in [3.8, 4) is 0 Å². The van der Waals surface area contributed by atoms with E-state index in [1.165, 1.54) is 0 Å². The summed E-state index contributed by atoms with van der Waals surface area (Å²) in [6.07, 6.45) is -4.41. The summed E-state index contributed by atoms with van der Waals surface area (Å²) < 4.78 is 38.2. The summed E-state index contributed by atoms with van der Waals surface area (Å²) in [4.78, 5) is 33.7. The molecular formula is C13H6ClF3N2O4. The van der Waals surface area contributed by atoms with Gasteiger partial charge < -0.3 is 0 Å². The van der Waals surface area contributed by atoms with Crippen LogP contribution in [0.5, 0.6) is 0 Å². The molecule has 0 spiro atoms. The van der Waals surface area contributed by atoms with Gasteiger partial charge in [0.15, 0.2) is 0 Å². The lowest BCUT2D eigenvalue weighted by molar-refractivity contribution is -0.384. The number of carbonyl (C=O) groups excluding carboxylic acids is 1. The third-order valence-electron chi connectivity index (χ3n) is 2.85. The van der Waals surface area contributed by atoms with Gasteiger partial charge >= 0.3 is 6.18 Å². The zero-order chi connectivity index (χ0) is 17.4. The fourth-order valence-corrected chi connectivity index (χ4v) is 1.92. The van der Waals surface area contributed by atoms with E-state index in [0.29, 0.717) is 18.3 Å². The molecule has 0 fully saturated rings. The number of aromatic nitrogens is 1. The van der Waals surface area contributed by atoms with Gasteiger partial charge in [0, 0.05) is 23.9 Å². The van der Waals surface area contributed by atoms with E-state index in [0.717, 1.165) is 18.2 Å². The van der Waals surface area contributed by atoms with E-state index >= 15 is 0 Å². The molecule has 120 valence electrons. The van der Waals surface area contributed by atoms with Crippen molar-refractivity contribution in [2.45, 2.75) is 6.18 Å². The smallest absolute Gasteiger partial charge is 0.269 e. The molecule has 0 unspecified atom stereocenters. The Balaban J connectivity index is 2.55. The number of hydrogen-bond donors (Lipinski definition) is 0. The van der Waals surface area contributed by atoms with Gasteiger partial charge in [-0.25, -0.2) is 4.57 Å². The second-order valence-electron chi connectivity index (χ2n) is 4.35. The number of pyridine rings is 1. The van der Waals surface area contributed by atoms with Crippen LogP contribution in [0.1, 0.15) is 15.9 Å². The van der Waals surface area contributed by atoms with Gasteiger partial charge in [0.25, 0.3) is 17.2 Å². The molecule has 0 atom stereocenters. The molecule has 2 rings (SSSR count). The van der Waals surface area contributed by atoms with E-state index < -0.39 is 33.8 Å². The van der Waals surface area contributed by atoms with E-state index in [4.69, 9.17) is 11.6 Å². The molecule has 0 amide bonds. The van der Waals surface area contributed by atoms with Crippen molar-refractivity contribution < 1.29 is 22.9 Å². The number of halogens is 4. The van der Waals surface area contributed by atoms with E-state index in [9.17, 15) is 32.9 Å². The number of alkyl halides is 3. The fourth-order valence-electron chi connectivity index (χ4n) is 1.74. The van der Waals surface area contributed by atoms with Gasteiger partial charge in [0.2, 0.25) is 0 Å². The third kappa shape index (κ3) is 3.39. The summed E-state index contributed by atoms with van der Waals surface area (Å²) in [6, 6.07) is 4.04. The Morgan fingerprint density at radius 2 is 1.87 bits per heavy atom. The zero-order valence-electron chi connectivity index (χ0n) is 11.0. The quantitative estimate of drug-likeness (QED) is 0.618. The molecule has 2 aromatic rings. The highest BCUT2D eigenvalue weighted by atomic mass is 35.5. The predicted octanol–water partition coefficient (Wildman–Crippen LogP) is 3.12. The first-order chi connectivity index (χ1) is 10.6. The molecule has 0 N–H and O–H groups in total. The number of hydrogen-bond acceptors (Lipinski definition) is 4. The molecule has 0 aliphatic heterocycles. The highest BCUT2D eigenvalue weighted by molar-refractivity contribution is 6.32. The summed E-state index contributed by atoms with van der Waals surface area (Å²) in [7, 11) is 0. The number of benzene rings is 1. The van der Waals surface area contributed by atoms with Crippen LogP contribution in [0.15, 0.2) is 41.3 Å². The van der Waals surface area contributed by atoms with Gasteiger partial charge in [0.05, 0.1) is 10.5 Å². The first-order valence-corrected chi connectivity index (χ1v) is 6.27. The molecule has 0 radical (unpaired) electrons. The van der Waals surface area contributed by atoms with Crippen LogP contribution in [0.25, 0.3) is 0 Å². The van der Waals surface area contributed by atoms with Crippen molar-refractivity contribution in [3.63, 3.8) is 0 Å². The fraction of sp³-hybridized carbons (Fsp3) is 0.0769. The first kappa shape index (κ1) is 16.7. The molecule has 1 aromatic heterocycles. The molecule has 0 bridgehead atoms. The van der Waals surface area contributed by atoms with Crippen molar-refractivity contribution in [3.05, 3.63) is 73.1 Å². The molecule has 0 saturated carbocycles. The highest BCUT2D eigenvalue weighted by Crippen LogP contribution is 2.29. The van der Waals surface area contributed by atoms with Gasteiger partial charge in [-0.1, -0.05) is 11.6 Å². The van der Waals surface area contributed by atoms with Crippen LogP contribution in [0.4, 0.5) is 18.9 Å². The molecule has 23 heavy (non-hydrogen) atoms. The molecule has 10 heteroatoms. The maximum atomic E-state index is 12.7. The van der Waals surface area contributed by atoms with Crippen molar-refractivity contribution >= 4 is 23.2 Å². The monoisotopic (exact) mass is 346 g/mol. The van der Waals surface area contributed by atoms with E-state index in [1.807, 2.05) is 0 Å². The van der Waals surface area contributed by atoms with Gasteiger partial charge in [-0.2, -0.15) is 13.2 Å². The number of carbonyl (C=O) groups is 1. The van der Waals surface area contributed by atoms with E-state index in [2.05, 4.69) is 0 Å². The summed E-state index contributed by atoms with van der Waals surface area (Å²) in [6.45, 7) is 0. The largest absolute Gasteiger partial charge is 0.417 e. The maximum absolute atomic E-state index is 12.7. The van der Waals surface area contributed by atoms with Crippen molar-refractivity contribution in [2.24, 2.45) is 0 Å². The third-order valence-corrected chi connectivity index (χ3v) is 3.17. The topological polar surface area (TPSA) is 82.2 Å². The van der Waals surface area contributed by atoms with Gasteiger partial charge in [-0.3, -0.25) is 19.7 Å². The van der Waals surface area contributed by atoms with Crippen LogP contribution in [-0.2, 0) is 6.18 Å². The minimum atomic E-state index is -4.75. The average molecular weight is 347 g/mol. The number of rotatable bonds is 2. The molecule has 0 aliphatic carbocycles. The molecule has 6 nitrogen and oxygen atoms in total. The minimum Gasteiger partial charge on any atom is -0.269 e. The molecular weight excluding hydrogens is 341 g/mol. The summed E-state index contributed by atoms with van der Waals surface area (Å²) in [5.41, 5.74) is -3.14. The average Bonchev–Trinajstić information content (AvgIpc) is 2.46. The number of nitro groups is 1. The number of nitro benzene ring substituents is 1. The lowest BCUT2D eigenvalue weighted by Gasteiger charge is -2.09. The minimum absolute atomic E-state index is 0.232. The normalized spacial score (nSPS) is 11.3. The maximum Gasteiger partial charge on any atom is 0.417 e. The highest BCUT2D eigenvalue weighted by Gasteiger charge is 2.31. The van der Waals surface area contributed by atoms with Gasteiger partial charge in [0.1, 0.15) is 5.02 Å². The van der Waals surface area contributed by atoms with Crippen LogP contribution < -0.4 is 5.56 Å². The Bertz CT molecular complexity index is 861. The molecule has 0 saturated heterocycles.